The Hall–Kier alpha value is -2.54. The zero-order valence-electron chi connectivity index (χ0n) is 15.1. The summed E-state index contributed by atoms with van der Waals surface area (Å²) in [5, 5.41) is -0.129. The molecule has 0 aromatic heterocycles. The van der Waals surface area contributed by atoms with Gasteiger partial charge in [0.15, 0.2) is 11.5 Å². The molecule has 1 heterocycles. The van der Waals surface area contributed by atoms with Gasteiger partial charge in [-0.25, -0.2) is 0 Å². The number of methoxy groups -OCH3 is 4. The Labute approximate surface area is 157 Å². The molecule has 26 heavy (non-hydrogen) atoms. The molecule has 3 rings (SSSR count). The third kappa shape index (κ3) is 3.26. The Morgan fingerprint density at radius 3 is 2.04 bits per heavy atom. The van der Waals surface area contributed by atoms with Crippen molar-refractivity contribution in [1.29, 1.82) is 0 Å². The van der Waals surface area contributed by atoms with Crippen molar-refractivity contribution in [3.8, 4) is 23.0 Å². The van der Waals surface area contributed by atoms with Crippen LogP contribution >= 0.6 is 11.8 Å². The molecule has 6 nitrogen and oxygen atoms in total. The average molecular weight is 375 g/mol. The predicted molar refractivity (Wildman–Crippen MR) is 102 cm³/mol. The summed E-state index contributed by atoms with van der Waals surface area (Å²) in [7, 11) is 6.30. The third-order valence-corrected chi connectivity index (χ3v) is 5.41. The number of ether oxygens (including phenoxy) is 4. The maximum atomic E-state index is 12.6. The highest BCUT2D eigenvalue weighted by atomic mass is 32.2. The van der Waals surface area contributed by atoms with Gasteiger partial charge in [-0.3, -0.25) is 9.69 Å². The summed E-state index contributed by atoms with van der Waals surface area (Å²) < 4.78 is 21.4. The second-order valence-electron chi connectivity index (χ2n) is 5.58. The molecule has 138 valence electrons. The predicted octanol–water partition coefficient (Wildman–Crippen LogP) is 3.50. The first-order chi connectivity index (χ1) is 12.6. The maximum absolute atomic E-state index is 12.6. The summed E-state index contributed by atoms with van der Waals surface area (Å²) in [5.41, 5.74) is 1.73. The standard InChI is InChI=1S/C19H21NO5S/c1-22-14-7-5-12(6-8-14)19-20(17(21)11-26-19)13-9-15(23-2)18(25-4)16(10-13)24-3/h5-10,19H,11H2,1-4H3. The van der Waals surface area contributed by atoms with Gasteiger partial charge in [0.1, 0.15) is 11.1 Å². The highest BCUT2D eigenvalue weighted by Gasteiger charge is 2.35. The van der Waals surface area contributed by atoms with Crippen molar-refractivity contribution in [2.24, 2.45) is 0 Å². The minimum Gasteiger partial charge on any atom is -0.497 e. The van der Waals surface area contributed by atoms with Crippen LogP contribution in [0.15, 0.2) is 36.4 Å². The van der Waals surface area contributed by atoms with Gasteiger partial charge < -0.3 is 18.9 Å². The fourth-order valence-electron chi connectivity index (χ4n) is 2.92. The SMILES string of the molecule is COc1ccc(C2SCC(=O)N2c2cc(OC)c(OC)c(OC)c2)cc1. The van der Waals surface area contributed by atoms with E-state index in [0.717, 1.165) is 11.3 Å². The lowest BCUT2D eigenvalue weighted by atomic mass is 10.1. The van der Waals surface area contributed by atoms with Gasteiger partial charge >= 0.3 is 0 Å². The Morgan fingerprint density at radius 2 is 1.54 bits per heavy atom. The number of benzene rings is 2. The van der Waals surface area contributed by atoms with E-state index in [1.807, 2.05) is 24.3 Å². The molecule has 1 unspecified atom stereocenters. The number of hydrogen-bond acceptors (Lipinski definition) is 6. The van der Waals surface area contributed by atoms with E-state index in [9.17, 15) is 4.79 Å². The molecular formula is C19H21NO5S. The largest absolute Gasteiger partial charge is 0.497 e. The van der Waals surface area contributed by atoms with Crippen molar-refractivity contribution in [2.45, 2.75) is 5.37 Å². The Morgan fingerprint density at radius 1 is 0.923 bits per heavy atom. The molecule has 0 spiro atoms. The normalized spacial score (nSPS) is 16.5. The van der Waals surface area contributed by atoms with Crippen LogP contribution in [0, 0.1) is 0 Å². The van der Waals surface area contributed by atoms with Crippen LogP contribution in [-0.2, 0) is 4.79 Å². The number of rotatable bonds is 6. The summed E-state index contributed by atoms with van der Waals surface area (Å²) in [6.45, 7) is 0. The summed E-state index contributed by atoms with van der Waals surface area (Å²) in [6, 6.07) is 11.3. The van der Waals surface area contributed by atoms with Crippen molar-refractivity contribution in [3.63, 3.8) is 0 Å². The molecule has 0 bridgehead atoms. The van der Waals surface area contributed by atoms with Crippen molar-refractivity contribution in [1.82, 2.24) is 0 Å². The van der Waals surface area contributed by atoms with Gasteiger partial charge in [-0.2, -0.15) is 0 Å². The van der Waals surface area contributed by atoms with Gasteiger partial charge in [-0.15, -0.1) is 11.8 Å². The topological polar surface area (TPSA) is 57.2 Å². The quantitative estimate of drug-likeness (QED) is 0.770. The van der Waals surface area contributed by atoms with Gasteiger partial charge in [0.25, 0.3) is 0 Å². The second-order valence-corrected chi connectivity index (χ2v) is 6.65. The molecule has 0 N–H and O–H groups in total. The summed E-state index contributed by atoms with van der Waals surface area (Å²) >= 11 is 1.58. The van der Waals surface area contributed by atoms with E-state index >= 15 is 0 Å². The molecule has 0 aliphatic carbocycles. The van der Waals surface area contributed by atoms with Crippen LogP contribution in [0.25, 0.3) is 0 Å². The van der Waals surface area contributed by atoms with Gasteiger partial charge in [0, 0.05) is 12.1 Å². The van der Waals surface area contributed by atoms with Gasteiger partial charge in [0.2, 0.25) is 11.7 Å². The van der Waals surface area contributed by atoms with E-state index in [0.29, 0.717) is 28.7 Å². The number of anilines is 1. The van der Waals surface area contributed by atoms with Gasteiger partial charge in [-0.05, 0) is 17.7 Å². The highest BCUT2D eigenvalue weighted by molar-refractivity contribution is 8.00. The van der Waals surface area contributed by atoms with Crippen LogP contribution in [0.1, 0.15) is 10.9 Å². The van der Waals surface area contributed by atoms with Crippen molar-refractivity contribution < 1.29 is 23.7 Å². The first-order valence-electron chi connectivity index (χ1n) is 8.00. The lowest BCUT2D eigenvalue weighted by Gasteiger charge is -2.26. The number of nitrogens with zero attached hydrogens (tertiary/aromatic N) is 1. The first-order valence-corrected chi connectivity index (χ1v) is 9.05. The summed E-state index contributed by atoms with van der Waals surface area (Å²) in [5.74, 6) is 2.75. The van der Waals surface area contributed by atoms with Crippen molar-refractivity contribution >= 4 is 23.4 Å². The molecule has 1 atom stereocenters. The summed E-state index contributed by atoms with van der Waals surface area (Å²) in [6.07, 6.45) is 0. The highest BCUT2D eigenvalue weighted by Crippen LogP contribution is 2.47. The zero-order valence-corrected chi connectivity index (χ0v) is 16.0. The van der Waals surface area contributed by atoms with E-state index in [4.69, 9.17) is 18.9 Å². The Kier molecular flexibility index (Phi) is 5.46. The van der Waals surface area contributed by atoms with E-state index < -0.39 is 0 Å². The van der Waals surface area contributed by atoms with Crippen LogP contribution in [0.5, 0.6) is 23.0 Å². The molecular weight excluding hydrogens is 354 g/mol. The number of carbonyl (C=O) groups excluding carboxylic acids is 1. The molecule has 1 amide bonds. The molecule has 1 fully saturated rings. The van der Waals surface area contributed by atoms with E-state index in [2.05, 4.69) is 0 Å². The lowest BCUT2D eigenvalue weighted by molar-refractivity contribution is -0.115. The van der Waals surface area contributed by atoms with Crippen LogP contribution in [0.2, 0.25) is 0 Å². The van der Waals surface area contributed by atoms with Crippen LogP contribution in [-0.4, -0.2) is 40.1 Å². The number of thioether (sulfide) groups is 1. The fourth-order valence-corrected chi connectivity index (χ4v) is 4.10. The third-order valence-electron chi connectivity index (χ3n) is 4.20. The minimum atomic E-state index is -0.129. The average Bonchev–Trinajstić information content (AvgIpc) is 3.08. The molecule has 0 saturated carbocycles. The monoisotopic (exact) mass is 375 g/mol. The van der Waals surface area contributed by atoms with E-state index in [-0.39, 0.29) is 11.3 Å². The van der Waals surface area contributed by atoms with Gasteiger partial charge in [0.05, 0.1) is 39.9 Å². The molecule has 1 aliphatic heterocycles. The van der Waals surface area contributed by atoms with E-state index in [1.165, 1.54) is 0 Å². The molecule has 2 aromatic carbocycles. The van der Waals surface area contributed by atoms with Crippen LogP contribution in [0.4, 0.5) is 5.69 Å². The summed E-state index contributed by atoms with van der Waals surface area (Å²) in [4.78, 5) is 14.4. The van der Waals surface area contributed by atoms with Crippen molar-refractivity contribution in [2.75, 3.05) is 39.1 Å². The molecule has 2 aromatic rings. The van der Waals surface area contributed by atoms with E-state index in [1.54, 1.807) is 57.2 Å². The number of carbonyl (C=O) groups is 1. The van der Waals surface area contributed by atoms with Crippen LogP contribution < -0.4 is 23.8 Å². The smallest absolute Gasteiger partial charge is 0.238 e. The zero-order chi connectivity index (χ0) is 18.7. The molecule has 7 heteroatoms. The Balaban J connectivity index is 2.03. The Bertz CT molecular complexity index is 768. The number of amides is 1. The maximum Gasteiger partial charge on any atom is 0.238 e. The fraction of sp³-hybridized carbons (Fsp3) is 0.316. The van der Waals surface area contributed by atoms with Crippen molar-refractivity contribution in [3.05, 3.63) is 42.0 Å². The lowest BCUT2D eigenvalue weighted by Crippen LogP contribution is -2.27. The number of hydrogen-bond donors (Lipinski definition) is 0. The minimum absolute atomic E-state index is 0.0325. The molecule has 0 radical (unpaired) electrons. The second kappa shape index (κ2) is 7.78. The molecule has 1 saturated heterocycles. The molecule has 1 aliphatic rings. The van der Waals surface area contributed by atoms with Gasteiger partial charge in [-0.1, -0.05) is 12.1 Å². The first kappa shape index (κ1) is 18.3. The van der Waals surface area contributed by atoms with Crippen LogP contribution in [0.3, 0.4) is 0 Å².